The molecule has 0 spiro atoms. The Bertz CT molecular complexity index is 839. The minimum atomic E-state index is -3.93. The van der Waals surface area contributed by atoms with E-state index in [1.165, 1.54) is 30.6 Å². The lowest BCUT2D eigenvalue weighted by Crippen LogP contribution is -2.24. The lowest BCUT2D eigenvalue weighted by Gasteiger charge is -2.16. The van der Waals surface area contributed by atoms with Gasteiger partial charge in [0.1, 0.15) is 23.7 Å². The molecule has 0 fully saturated rings. The van der Waals surface area contributed by atoms with E-state index in [0.717, 1.165) is 11.8 Å². The van der Waals surface area contributed by atoms with Gasteiger partial charge in [0.2, 0.25) is 0 Å². The fourth-order valence-electron chi connectivity index (χ4n) is 2.59. The number of nitrogens with zero attached hydrogens (tertiary/aromatic N) is 2. The molecule has 1 aromatic carbocycles. The molecule has 0 bridgehead atoms. The van der Waals surface area contributed by atoms with Crippen molar-refractivity contribution in [2.75, 3.05) is 6.26 Å². The largest absolute Gasteiger partial charge is 0.455 e. The third kappa shape index (κ3) is 2.50. The van der Waals surface area contributed by atoms with Gasteiger partial charge in [-0.3, -0.25) is 4.98 Å². The van der Waals surface area contributed by atoms with Crippen LogP contribution in [0, 0.1) is 11.3 Å². The van der Waals surface area contributed by atoms with Crippen LogP contribution in [-0.4, -0.2) is 22.3 Å². The lowest BCUT2D eigenvalue weighted by atomic mass is 10.1. The van der Waals surface area contributed by atoms with Crippen molar-refractivity contribution in [1.29, 1.82) is 5.26 Å². The van der Waals surface area contributed by atoms with Crippen molar-refractivity contribution in [2.24, 2.45) is 0 Å². The fourth-order valence-corrected chi connectivity index (χ4v) is 3.24. The Hall–Kier alpha value is -2.24. The fraction of sp³-hybridized carbons (Fsp3) is 0.250. The molecule has 2 atom stereocenters. The van der Waals surface area contributed by atoms with Crippen molar-refractivity contribution < 1.29 is 23.0 Å². The number of rotatable bonds is 3. The number of aliphatic hydroxyl groups excluding tert-OH is 1. The van der Waals surface area contributed by atoms with Crippen LogP contribution in [-0.2, 0) is 0 Å². The molecule has 1 aliphatic carbocycles. The van der Waals surface area contributed by atoms with E-state index in [1.54, 1.807) is 6.26 Å². The normalized spacial score (nSPS) is 21.2. The molecule has 1 aromatic heterocycles. The molecular formula is C16H11F3N2O2S. The number of fused-ring (bicyclic) bond motifs is 1. The van der Waals surface area contributed by atoms with Crippen LogP contribution < -0.4 is 4.74 Å². The van der Waals surface area contributed by atoms with E-state index in [1.807, 2.05) is 6.07 Å². The zero-order valence-electron chi connectivity index (χ0n) is 12.3. The number of hydrogen-bond donors (Lipinski definition) is 1. The van der Waals surface area contributed by atoms with E-state index in [2.05, 4.69) is 4.98 Å². The minimum Gasteiger partial charge on any atom is -0.455 e. The van der Waals surface area contributed by atoms with Gasteiger partial charge >= 0.3 is 5.92 Å². The number of thioether (sulfide) groups is 1. The summed E-state index contributed by atoms with van der Waals surface area (Å²) >= 11 is 1.13. The number of benzene rings is 1. The second kappa shape index (κ2) is 6.00. The first-order valence-electron chi connectivity index (χ1n) is 6.84. The number of aliphatic hydroxyl groups is 1. The number of hydrogen-bond acceptors (Lipinski definition) is 5. The molecule has 1 heterocycles. The maximum absolute atomic E-state index is 14.3. The van der Waals surface area contributed by atoms with Crippen LogP contribution in [0.5, 0.6) is 11.5 Å². The van der Waals surface area contributed by atoms with E-state index in [-0.39, 0.29) is 28.2 Å². The van der Waals surface area contributed by atoms with E-state index < -0.39 is 18.2 Å². The van der Waals surface area contributed by atoms with E-state index in [9.17, 15) is 18.3 Å². The molecular weight excluding hydrogens is 341 g/mol. The Labute approximate surface area is 139 Å². The summed E-state index contributed by atoms with van der Waals surface area (Å²) in [4.78, 5) is 4.15. The molecule has 8 heteroatoms. The van der Waals surface area contributed by atoms with Gasteiger partial charge in [-0.15, -0.1) is 11.8 Å². The number of nitriles is 1. The number of ether oxygens (including phenoxy) is 1. The summed E-state index contributed by atoms with van der Waals surface area (Å²) in [5.74, 6) is -3.95. The van der Waals surface area contributed by atoms with Gasteiger partial charge in [-0.2, -0.15) is 14.0 Å². The van der Waals surface area contributed by atoms with Gasteiger partial charge in [0.05, 0.1) is 11.8 Å². The van der Waals surface area contributed by atoms with Gasteiger partial charge in [-0.25, -0.2) is 4.39 Å². The third-order valence-corrected chi connectivity index (χ3v) is 4.52. The summed E-state index contributed by atoms with van der Waals surface area (Å²) in [5.41, 5.74) is -0.323. The van der Waals surface area contributed by atoms with E-state index in [0.29, 0.717) is 4.90 Å². The molecule has 0 amide bonds. The monoisotopic (exact) mass is 352 g/mol. The standard InChI is InChI=1S/C16H11F3N2O2S/c1-24-11-3-2-10(23-9-4-8(5-20)6-21-7-9)12-13(11)15(22)16(18,19)14(12)17/h2-4,6-7,14-15,22H,1H3. The van der Waals surface area contributed by atoms with Crippen molar-refractivity contribution in [2.45, 2.75) is 23.1 Å². The summed E-state index contributed by atoms with van der Waals surface area (Å²) in [6.07, 6.45) is -0.683. The van der Waals surface area contributed by atoms with Gasteiger partial charge in [-0.1, -0.05) is 0 Å². The first kappa shape index (κ1) is 16.6. The maximum atomic E-state index is 14.3. The summed E-state index contributed by atoms with van der Waals surface area (Å²) < 4.78 is 47.6. The molecule has 0 aliphatic heterocycles. The van der Waals surface area contributed by atoms with E-state index in [4.69, 9.17) is 10.00 Å². The number of aromatic nitrogens is 1. The van der Waals surface area contributed by atoms with Gasteiger partial charge in [0, 0.05) is 28.3 Å². The lowest BCUT2D eigenvalue weighted by molar-refractivity contribution is -0.143. The highest BCUT2D eigenvalue weighted by atomic mass is 32.2. The highest BCUT2D eigenvalue weighted by Crippen LogP contribution is 2.57. The molecule has 0 radical (unpaired) electrons. The van der Waals surface area contributed by atoms with E-state index >= 15 is 0 Å². The molecule has 1 N–H and O–H groups in total. The zero-order chi connectivity index (χ0) is 17.5. The van der Waals surface area contributed by atoms with Gasteiger partial charge in [0.15, 0.2) is 6.17 Å². The molecule has 2 unspecified atom stereocenters. The maximum Gasteiger partial charge on any atom is 0.312 e. The van der Waals surface area contributed by atoms with Gasteiger partial charge in [-0.05, 0) is 18.4 Å². The Morgan fingerprint density at radius 1 is 1.33 bits per heavy atom. The molecule has 0 saturated carbocycles. The van der Waals surface area contributed by atoms with Crippen LogP contribution in [0.2, 0.25) is 0 Å². The van der Waals surface area contributed by atoms with Crippen LogP contribution in [0.15, 0.2) is 35.5 Å². The Kier molecular flexibility index (Phi) is 4.15. The van der Waals surface area contributed by atoms with Crippen LogP contribution in [0.25, 0.3) is 0 Å². The summed E-state index contributed by atoms with van der Waals surface area (Å²) in [6, 6.07) is 6.08. The third-order valence-electron chi connectivity index (χ3n) is 3.73. The molecule has 24 heavy (non-hydrogen) atoms. The predicted molar refractivity (Wildman–Crippen MR) is 81.0 cm³/mol. The molecule has 0 saturated heterocycles. The number of halogens is 3. The van der Waals surface area contributed by atoms with Crippen LogP contribution in [0.3, 0.4) is 0 Å². The Balaban J connectivity index is 2.10. The van der Waals surface area contributed by atoms with Crippen molar-refractivity contribution in [3.8, 4) is 17.6 Å². The topological polar surface area (TPSA) is 66.1 Å². The SMILES string of the molecule is CSc1ccc(Oc2cncc(C#N)c2)c2c1C(O)C(F)(F)C2F. The average Bonchev–Trinajstić information content (AvgIpc) is 2.77. The summed E-state index contributed by atoms with van der Waals surface area (Å²) in [6.45, 7) is 0. The van der Waals surface area contributed by atoms with Crippen LogP contribution in [0.1, 0.15) is 29.0 Å². The average molecular weight is 352 g/mol. The quantitative estimate of drug-likeness (QED) is 0.840. The van der Waals surface area contributed by atoms with Gasteiger partial charge < -0.3 is 9.84 Å². The summed E-state index contributed by atoms with van der Waals surface area (Å²) in [5, 5.41) is 18.7. The van der Waals surface area contributed by atoms with Crippen molar-refractivity contribution in [3.05, 3.63) is 47.3 Å². The Morgan fingerprint density at radius 2 is 2.08 bits per heavy atom. The number of pyridine rings is 1. The summed E-state index contributed by atoms with van der Waals surface area (Å²) in [7, 11) is 0. The predicted octanol–water partition coefficient (Wildman–Crippen LogP) is 4.16. The molecule has 2 aromatic rings. The smallest absolute Gasteiger partial charge is 0.312 e. The molecule has 3 rings (SSSR count). The van der Waals surface area contributed by atoms with Crippen LogP contribution >= 0.6 is 11.8 Å². The first-order valence-corrected chi connectivity index (χ1v) is 8.06. The molecule has 4 nitrogen and oxygen atoms in total. The number of alkyl halides is 3. The van der Waals surface area contributed by atoms with Crippen molar-refractivity contribution in [3.63, 3.8) is 0 Å². The van der Waals surface area contributed by atoms with Crippen LogP contribution in [0.4, 0.5) is 13.2 Å². The second-order valence-corrected chi connectivity index (χ2v) is 6.00. The Morgan fingerprint density at radius 3 is 2.75 bits per heavy atom. The first-order chi connectivity index (χ1) is 11.4. The second-order valence-electron chi connectivity index (χ2n) is 5.16. The highest BCUT2D eigenvalue weighted by molar-refractivity contribution is 7.98. The van der Waals surface area contributed by atoms with Crippen molar-refractivity contribution >= 4 is 11.8 Å². The molecule has 1 aliphatic rings. The zero-order valence-corrected chi connectivity index (χ0v) is 13.1. The highest BCUT2D eigenvalue weighted by Gasteiger charge is 2.58. The molecule has 124 valence electrons. The minimum absolute atomic E-state index is 0.116. The van der Waals surface area contributed by atoms with Gasteiger partial charge in [0.25, 0.3) is 0 Å². The van der Waals surface area contributed by atoms with Crippen molar-refractivity contribution in [1.82, 2.24) is 4.98 Å².